The molecule has 1 aliphatic heterocycles. The fourth-order valence-electron chi connectivity index (χ4n) is 3.77. The van der Waals surface area contributed by atoms with Crippen molar-refractivity contribution in [2.45, 2.75) is 43.2 Å². The second-order valence-corrected chi connectivity index (χ2v) is 9.77. The first-order chi connectivity index (χ1) is 13.9. The Kier molecular flexibility index (Phi) is 5.89. The summed E-state index contributed by atoms with van der Waals surface area (Å²) in [6.07, 6.45) is 5.26. The van der Waals surface area contributed by atoms with E-state index < -0.39 is 6.17 Å². The molecule has 0 aliphatic carbocycles. The highest BCUT2D eigenvalue weighted by Crippen LogP contribution is 2.27. The van der Waals surface area contributed by atoms with E-state index in [0.717, 1.165) is 59.1 Å². The van der Waals surface area contributed by atoms with Gasteiger partial charge in [-0.3, -0.25) is 0 Å². The molecule has 2 atom stereocenters. The second kappa shape index (κ2) is 8.41. The van der Waals surface area contributed by atoms with Crippen LogP contribution in [0.15, 0.2) is 24.5 Å². The Hall–Kier alpha value is -1.97. The van der Waals surface area contributed by atoms with Crippen molar-refractivity contribution < 1.29 is 4.39 Å². The summed E-state index contributed by atoms with van der Waals surface area (Å²) in [6.45, 7) is 5.45. The molecule has 1 aliphatic rings. The zero-order valence-corrected chi connectivity index (χ0v) is 19.1. The molecular formula is C21H26FIN6. The average molecular weight is 508 g/mol. The number of nitrogens with zero attached hydrogens (tertiary/aromatic N) is 5. The molecule has 0 amide bonds. The number of halogens is 2. The predicted octanol–water partition coefficient (Wildman–Crippen LogP) is 4.58. The van der Waals surface area contributed by atoms with E-state index >= 15 is 0 Å². The standard InChI is InChI=1S/C21H26FIN6/c1-4-14-8-20(29-6-5-15(22)12-29)25-10-16(14)26-19-9-18-17(11-24-19)27-21(28(18)3)7-13(2)23/h8-11,13,15H,4-7,12H2,1-3H3,(H,24,26)/t13-,15+/m0/s1. The van der Waals surface area contributed by atoms with Gasteiger partial charge in [0.25, 0.3) is 0 Å². The lowest BCUT2D eigenvalue weighted by atomic mass is 10.1. The van der Waals surface area contributed by atoms with Crippen molar-refractivity contribution in [1.29, 1.82) is 0 Å². The number of pyridine rings is 2. The van der Waals surface area contributed by atoms with Crippen molar-refractivity contribution in [1.82, 2.24) is 19.5 Å². The predicted molar refractivity (Wildman–Crippen MR) is 124 cm³/mol. The molecule has 0 saturated carbocycles. The molecular weight excluding hydrogens is 482 g/mol. The first-order valence-corrected chi connectivity index (χ1v) is 11.3. The highest BCUT2D eigenvalue weighted by Gasteiger charge is 2.23. The van der Waals surface area contributed by atoms with E-state index in [2.05, 4.69) is 69.4 Å². The van der Waals surface area contributed by atoms with Crippen LogP contribution in [0, 0.1) is 0 Å². The van der Waals surface area contributed by atoms with Gasteiger partial charge in [-0.1, -0.05) is 36.4 Å². The third kappa shape index (κ3) is 4.31. The van der Waals surface area contributed by atoms with Gasteiger partial charge in [-0.25, -0.2) is 19.3 Å². The number of aromatic nitrogens is 4. The minimum Gasteiger partial charge on any atom is -0.354 e. The highest BCUT2D eigenvalue weighted by molar-refractivity contribution is 14.1. The lowest BCUT2D eigenvalue weighted by Crippen LogP contribution is -2.21. The summed E-state index contributed by atoms with van der Waals surface area (Å²) in [7, 11) is 2.05. The van der Waals surface area contributed by atoms with Crippen molar-refractivity contribution in [3.8, 4) is 0 Å². The summed E-state index contributed by atoms with van der Waals surface area (Å²) in [5, 5.41) is 3.41. The Labute approximate surface area is 184 Å². The number of alkyl halides is 2. The molecule has 0 spiro atoms. The van der Waals surface area contributed by atoms with Gasteiger partial charge in [0.1, 0.15) is 29.1 Å². The molecule has 3 aromatic rings. The smallest absolute Gasteiger partial charge is 0.132 e. The van der Waals surface area contributed by atoms with E-state index in [9.17, 15) is 4.39 Å². The minimum atomic E-state index is -0.755. The van der Waals surface area contributed by atoms with E-state index in [1.807, 2.05) is 23.4 Å². The van der Waals surface area contributed by atoms with Crippen LogP contribution in [-0.4, -0.2) is 42.7 Å². The monoisotopic (exact) mass is 508 g/mol. The number of imidazole rings is 1. The van der Waals surface area contributed by atoms with Gasteiger partial charge in [0.15, 0.2) is 0 Å². The fraction of sp³-hybridized carbons (Fsp3) is 0.476. The fourth-order valence-corrected chi connectivity index (χ4v) is 4.17. The van der Waals surface area contributed by atoms with Crippen LogP contribution >= 0.6 is 22.6 Å². The van der Waals surface area contributed by atoms with Crippen LogP contribution in [0.25, 0.3) is 11.0 Å². The molecule has 4 heterocycles. The molecule has 4 rings (SSSR count). The van der Waals surface area contributed by atoms with Crippen LogP contribution in [0.4, 0.5) is 21.7 Å². The number of hydrogen-bond donors (Lipinski definition) is 1. The van der Waals surface area contributed by atoms with Crippen LogP contribution in [0.3, 0.4) is 0 Å². The third-order valence-corrected chi connectivity index (χ3v) is 5.84. The molecule has 3 aromatic heterocycles. The third-order valence-electron chi connectivity index (χ3n) is 5.40. The SMILES string of the molecule is CCc1cc(N2CC[C@@H](F)C2)ncc1Nc1cc2c(cn1)nc(C[C@H](C)I)n2C. The summed E-state index contributed by atoms with van der Waals surface area (Å²) < 4.78 is 16.2. The van der Waals surface area contributed by atoms with E-state index in [1.54, 1.807) is 0 Å². The number of hydrogen-bond acceptors (Lipinski definition) is 5. The van der Waals surface area contributed by atoms with Gasteiger partial charge >= 0.3 is 0 Å². The summed E-state index contributed by atoms with van der Waals surface area (Å²) in [5.74, 6) is 2.68. The molecule has 29 heavy (non-hydrogen) atoms. The van der Waals surface area contributed by atoms with Gasteiger partial charge in [-0.2, -0.15) is 0 Å². The molecule has 0 radical (unpaired) electrons. The Morgan fingerprint density at radius 1 is 1.31 bits per heavy atom. The zero-order valence-electron chi connectivity index (χ0n) is 17.0. The molecule has 0 bridgehead atoms. The van der Waals surface area contributed by atoms with Crippen LogP contribution in [0.1, 0.15) is 31.7 Å². The van der Waals surface area contributed by atoms with E-state index in [0.29, 0.717) is 16.9 Å². The van der Waals surface area contributed by atoms with Crippen LogP contribution in [-0.2, 0) is 19.9 Å². The largest absolute Gasteiger partial charge is 0.354 e. The first kappa shape index (κ1) is 20.3. The molecule has 1 fully saturated rings. The maximum absolute atomic E-state index is 13.5. The van der Waals surface area contributed by atoms with Crippen molar-refractivity contribution in [2.24, 2.45) is 7.05 Å². The minimum absolute atomic E-state index is 0.430. The van der Waals surface area contributed by atoms with E-state index in [1.165, 1.54) is 0 Å². The molecule has 1 saturated heterocycles. The van der Waals surface area contributed by atoms with Crippen molar-refractivity contribution in [2.75, 3.05) is 23.3 Å². The topological polar surface area (TPSA) is 58.9 Å². The van der Waals surface area contributed by atoms with Crippen molar-refractivity contribution >= 4 is 50.9 Å². The maximum atomic E-state index is 13.5. The van der Waals surface area contributed by atoms with Gasteiger partial charge in [-0.05, 0) is 24.5 Å². The quantitative estimate of drug-likeness (QED) is 0.390. The highest BCUT2D eigenvalue weighted by atomic mass is 127. The lowest BCUT2D eigenvalue weighted by molar-refractivity contribution is 0.364. The first-order valence-electron chi connectivity index (χ1n) is 10.0. The number of rotatable bonds is 6. The van der Waals surface area contributed by atoms with Crippen molar-refractivity contribution in [3.05, 3.63) is 35.9 Å². The van der Waals surface area contributed by atoms with Crippen LogP contribution < -0.4 is 10.2 Å². The number of fused-ring (bicyclic) bond motifs is 1. The van der Waals surface area contributed by atoms with Crippen LogP contribution in [0.5, 0.6) is 0 Å². The molecule has 154 valence electrons. The Morgan fingerprint density at radius 2 is 2.14 bits per heavy atom. The molecule has 0 aromatic carbocycles. The van der Waals surface area contributed by atoms with Gasteiger partial charge in [0, 0.05) is 30.0 Å². The Bertz CT molecular complexity index is 1020. The van der Waals surface area contributed by atoms with Gasteiger partial charge < -0.3 is 14.8 Å². The second-order valence-electron chi connectivity index (χ2n) is 7.64. The maximum Gasteiger partial charge on any atom is 0.132 e. The summed E-state index contributed by atoms with van der Waals surface area (Å²) in [6, 6.07) is 4.09. The number of nitrogens with one attached hydrogen (secondary N) is 1. The van der Waals surface area contributed by atoms with E-state index in [4.69, 9.17) is 4.98 Å². The number of aryl methyl sites for hydroxylation is 2. The molecule has 6 nitrogen and oxygen atoms in total. The molecule has 1 N–H and O–H groups in total. The van der Waals surface area contributed by atoms with Gasteiger partial charge in [0.2, 0.25) is 0 Å². The summed E-state index contributed by atoms with van der Waals surface area (Å²) in [4.78, 5) is 15.8. The summed E-state index contributed by atoms with van der Waals surface area (Å²) >= 11 is 2.42. The zero-order chi connectivity index (χ0) is 20.5. The van der Waals surface area contributed by atoms with Crippen LogP contribution in [0.2, 0.25) is 0 Å². The number of anilines is 3. The Morgan fingerprint density at radius 3 is 2.83 bits per heavy atom. The van der Waals surface area contributed by atoms with Gasteiger partial charge in [-0.15, -0.1) is 0 Å². The molecule has 8 heteroatoms. The van der Waals surface area contributed by atoms with E-state index in [-0.39, 0.29) is 0 Å². The normalized spacial score (nSPS) is 17.8. The van der Waals surface area contributed by atoms with Gasteiger partial charge in [0.05, 0.1) is 30.1 Å². The Balaban J connectivity index is 1.59. The van der Waals surface area contributed by atoms with Crippen molar-refractivity contribution in [3.63, 3.8) is 0 Å². The lowest BCUT2D eigenvalue weighted by Gasteiger charge is -2.19. The average Bonchev–Trinajstić information content (AvgIpc) is 3.26. The summed E-state index contributed by atoms with van der Waals surface area (Å²) in [5.41, 5.74) is 4.04. The molecule has 0 unspecified atom stereocenters.